The van der Waals surface area contributed by atoms with Crippen molar-refractivity contribution in [2.75, 3.05) is 33.2 Å². The second-order valence-electron chi connectivity index (χ2n) is 10.3. The van der Waals surface area contributed by atoms with E-state index in [1.54, 1.807) is 0 Å². The van der Waals surface area contributed by atoms with Gasteiger partial charge in [0.1, 0.15) is 0 Å². The quantitative estimate of drug-likeness (QED) is 0.738. The van der Waals surface area contributed by atoms with E-state index in [2.05, 4.69) is 42.7 Å². The van der Waals surface area contributed by atoms with Gasteiger partial charge in [-0.2, -0.15) is 0 Å². The zero-order valence-corrected chi connectivity index (χ0v) is 19.3. The lowest BCUT2D eigenvalue weighted by molar-refractivity contribution is -0.137. The van der Waals surface area contributed by atoms with E-state index in [4.69, 9.17) is 0 Å². The van der Waals surface area contributed by atoms with Gasteiger partial charge in [0.05, 0.1) is 0 Å². The van der Waals surface area contributed by atoms with Crippen molar-refractivity contribution in [2.45, 2.75) is 65.5 Å². The molecule has 0 unspecified atom stereocenters. The molecular formula is C25H39N3O2. The number of hydrogen-bond acceptors (Lipinski definition) is 3. The summed E-state index contributed by atoms with van der Waals surface area (Å²) in [5.74, 6) is 0.719. The first kappa shape index (κ1) is 22.8. The maximum Gasteiger partial charge on any atom is 0.225 e. The Morgan fingerprint density at radius 1 is 0.967 bits per heavy atom. The Bertz CT molecular complexity index is 697. The molecule has 0 spiro atoms. The lowest BCUT2D eigenvalue weighted by Gasteiger charge is -2.42. The first-order valence-corrected chi connectivity index (χ1v) is 11.5. The van der Waals surface area contributed by atoms with Gasteiger partial charge in [-0.1, -0.05) is 51.1 Å². The number of amides is 2. The summed E-state index contributed by atoms with van der Waals surface area (Å²) in [6, 6.07) is 10.8. The van der Waals surface area contributed by atoms with E-state index in [1.807, 2.05) is 30.1 Å². The van der Waals surface area contributed by atoms with E-state index in [0.717, 1.165) is 51.9 Å². The zero-order chi connectivity index (χ0) is 21.7. The number of carbonyl (C=O) groups is 2. The monoisotopic (exact) mass is 413 g/mol. The van der Waals surface area contributed by atoms with Gasteiger partial charge in [-0.05, 0) is 49.8 Å². The average molecular weight is 414 g/mol. The Labute approximate surface area is 182 Å². The van der Waals surface area contributed by atoms with Gasteiger partial charge in [-0.15, -0.1) is 0 Å². The van der Waals surface area contributed by atoms with Crippen LogP contribution in [0.25, 0.3) is 0 Å². The minimum Gasteiger partial charge on any atom is -0.343 e. The van der Waals surface area contributed by atoms with Crippen molar-refractivity contribution in [3.63, 3.8) is 0 Å². The predicted octanol–water partition coefficient (Wildman–Crippen LogP) is 3.78. The van der Waals surface area contributed by atoms with Crippen LogP contribution in [0.3, 0.4) is 0 Å². The van der Waals surface area contributed by atoms with Gasteiger partial charge in [-0.3, -0.25) is 9.59 Å². The Balaban J connectivity index is 1.41. The van der Waals surface area contributed by atoms with Gasteiger partial charge in [0.15, 0.2) is 0 Å². The van der Waals surface area contributed by atoms with E-state index < -0.39 is 0 Å². The smallest absolute Gasteiger partial charge is 0.225 e. The van der Waals surface area contributed by atoms with Crippen LogP contribution in [0.1, 0.15) is 58.4 Å². The molecule has 1 aromatic rings. The number of piperidine rings is 2. The molecule has 0 aromatic heterocycles. The van der Waals surface area contributed by atoms with Crippen LogP contribution in [0.4, 0.5) is 0 Å². The molecule has 5 heteroatoms. The molecule has 2 amide bonds. The number of carbonyl (C=O) groups excluding carboxylic acids is 2. The summed E-state index contributed by atoms with van der Waals surface area (Å²) in [5, 5.41) is 0. The highest BCUT2D eigenvalue weighted by molar-refractivity contribution is 5.78. The summed E-state index contributed by atoms with van der Waals surface area (Å²) in [5.41, 5.74) is 1.23. The van der Waals surface area contributed by atoms with Gasteiger partial charge in [-0.25, -0.2) is 0 Å². The maximum absolute atomic E-state index is 12.9. The van der Waals surface area contributed by atoms with Crippen molar-refractivity contribution >= 4 is 11.8 Å². The van der Waals surface area contributed by atoms with Gasteiger partial charge in [0.25, 0.3) is 0 Å². The number of hydrogen-bond donors (Lipinski definition) is 0. The summed E-state index contributed by atoms with van der Waals surface area (Å²) in [6.45, 7) is 10.8. The minimum absolute atomic E-state index is 0.0516. The van der Waals surface area contributed by atoms with E-state index in [-0.39, 0.29) is 17.2 Å². The van der Waals surface area contributed by atoms with Gasteiger partial charge in [0, 0.05) is 45.1 Å². The molecule has 3 rings (SSSR count). The molecule has 166 valence electrons. The fourth-order valence-electron chi connectivity index (χ4n) is 4.80. The number of nitrogens with zero attached hydrogens (tertiary/aromatic N) is 3. The molecule has 0 radical (unpaired) electrons. The molecule has 1 aromatic carbocycles. The van der Waals surface area contributed by atoms with Gasteiger partial charge in [0.2, 0.25) is 11.8 Å². The van der Waals surface area contributed by atoms with Crippen LogP contribution < -0.4 is 0 Å². The van der Waals surface area contributed by atoms with E-state index in [1.165, 1.54) is 5.56 Å². The van der Waals surface area contributed by atoms with Crippen LogP contribution in [0.15, 0.2) is 30.3 Å². The second kappa shape index (κ2) is 9.95. The normalized spacial score (nSPS) is 19.7. The fraction of sp³-hybridized carbons (Fsp3) is 0.680. The molecule has 2 saturated heterocycles. The van der Waals surface area contributed by atoms with Crippen LogP contribution in [0, 0.1) is 11.3 Å². The fourth-order valence-corrected chi connectivity index (χ4v) is 4.80. The van der Waals surface area contributed by atoms with Crippen molar-refractivity contribution in [3.05, 3.63) is 35.9 Å². The summed E-state index contributed by atoms with van der Waals surface area (Å²) in [7, 11) is 1.92. The first-order valence-electron chi connectivity index (χ1n) is 11.5. The molecule has 0 aliphatic carbocycles. The van der Waals surface area contributed by atoms with Crippen molar-refractivity contribution in [1.29, 1.82) is 0 Å². The third-order valence-electron chi connectivity index (χ3n) is 6.53. The lowest BCUT2D eigenvalue weighted by atomic mass is 9.90. The predicted molar refractivity (Wildman–Crippen MR) is 121 cm³/mol. The van der Waals surface area contributed by atoms with Crippen molar-refractivity contribution in [1.82, 2.24) is 14.7 Å². The first-order chi connectivity index (χ1) is 14.2. The molecule has 2 aliphatic rings. The van der Waals surface area contributed by atoms with Gasteiger partial charge < -0.3 is 14.7 Å². The summed E-state index contributed by atoms with van der Waals surface area (Å²) in [6.07, 6.45) is 4.63. The number of likely N-dealkylation sites (tertiary alicyclic amines) is 2. The highest BCUT2D eigenvalue weighted by Crippen LogP contribution is 2.27. The number of benzene rings is 1. The molecule has 0 saturated carbocycles. The molecular weight excluding hydrogens is 374 g/mol. The van der Waals surface area contributed by atoms with E-state index >= 15 is 0 Å². The third-order valence-corrected chi connectivity index (χ3v) is 6.53. The zero-order valence-electron chi connectivity index (χ0n) is 19.3. The third kappa shape index (κ3) is 6.31. The molecule has 5 nitrogen and oxygen atoms in total. The van der Waals surface area contributed by atoms with Crippen LogP contribution in [0.2, 0.25) is 0 Å². The molecule has 2 fully saturated rings. The van der Waals surface area contributed by atoms with Crippen LogP contribution in [-0.2, 0) is 16.1 Å². The molecule has 30 heavy (non-hydrogen) atoms. The highest BCUT2D eigenvalue weighted by Gasteiger charge is 2.33. The van der Waals surface area contributed by atoms with Crippen LogP contribution in [-0.4, -0.2) is 65.8 Å². The molecule has 0 bridgehead atoms. The number of rotatable bonds is 5. The Kier molecular flexibility index (Phi) is 7.56. The molecule has 0 atom stereocenters. The largest absolute Gasteiger partial charge is 0.343 e. The van der Waals surface area contributed by atoms with Crippen molar-refractivity contribution in [3.8, 4) is 0 Å². The Morgan fingerprint density at radius 2 is 1.57 bits per heavy atom. The van der Waals surface area contributed by atoms with Crippen LogP contribution >= 0.6 is 0 Å². The SMILES string of the molecule is CN(Cc1ccccc1)C(=O)C1CCN(C2CCN(C(=O)CC(C)(C)C)CC2)CC1. The van der Waals surface area contributed by atoms with Crippen molar-refractivity contribution in [2.24, 2.45) is 11.3 Å². The Morgan fingerprint density at radius 3 is 2.13 bits per heavy atom. The lowest BCUT2D eigenvalue weighted by Crippen LogP contribution is -2.50. The second-order valence-corrected chi connectivity index (χ2v) is 10.3. The van der Waals surface area contributed by atoms with Crippen LogP contribution in [0.5, 0.6) is 0 Å². The summed E-state index contributed by atoms with van der Waals surface area (Å²) >= 11 is 0. The maximum atomic E-state index is 12.9. The standard InChI is InChI=1S/C25H39N3O2/c1-25(2,3)18-23(29)28-16-12-22(13-17-28)27-14-10-21(11-15-27)24(30)26(4)19-20-8-6-5-7-9-20/h5-9,21-22H,10-19H2,1-4H3. The molecule has 2 heterocycles. The molecule has 0 N–H and O–H groups in total. The molecule has 2 aliphatic heterocycles. The van der Waals surface area contributed by atoms with Gasteiger partial charge >= 0.3 is 0 Å². The van der Waals surface area contributed by atoms with E-state index in [9.17, 15) is 9.59 Å². The Hall–Kier alpha value is -1.88. The summed E-state index contributed by atoms with van der Waals surface area (Å²) < 4.78 is 0. The topological polar surface area (TPSA) is 43.9 Å². The minimum atomic E-state index is 0.0516. The van der Waals surface area contributed by atoms with Crippen molar-refractivity contribution < 1.29 is 9.59 Å². The van der Waals surface area contributed by atoms with E-state index in [0.29, 0.717) is 24.9 Å². The average Bonchev–Trinajstić information content (AvgIpc) is 2.73. The summed E-state index contributed by atoms with van der Waals surface area (Å²) in [4.78, 5) is 31.9. The highest BCUT2D eigenvalue weighted by atomic mass is 16.2.